The van der Waals surface area contributed by atoms with Crippen LogP contribution in [0.1, 0.15) is 34.1 Å². The second-order valence-corrected chi connectivity index (χ2v) is 5.76. The second kappa shape index (κ2) is 7.67. The molecule has 0 rings (SSSR count). The predicted molar refractivity (Wildman–Crippen MR) is 72.8 cm³/mol. The zero-order valence-electron chi connectivity index (χ0n) is 12.2. The average molecular weight is 243 g/mol. The van der Waals surface area contributed by atoms with Crippen LogP contribution in [0.25, 0.3) is 0 Å². The molecule has 17 heavy (non-hydrogen) atoms. The highest BCUT2D eigenvalue weighted by molar-refractivity contribution is 5.81. The van der Waals surface area contributed by atoms with E-state index < -0.39 is 0 Å². The number of carbonyl (C=O) groups excluding carboxylic acids is 1. The first-order chi connectivity index (χ1) is 7.75. The van der Waals surface area contributed by atoms with E-state index in [4.69, 9.17) is 5.73 Å². The van der Waals surface area contributed by atoms with E-state index in [-0.39, 0.29) is 11.9 Å². The summed E-state index contributed by atoms with van der Waals surface area (Å²) in [5.74, 6) is 0.920. The highest BCUT2D eigenvalue weighted by Gasteiger charge is 2.19. The van der Waals surface area contributed by atoms with E-state index in [1.54, 1.807) is 0 Å². The lowest BCUT2D eigenvalue weighted by Gasteiger charge is -2.28. The molecule has 0 fully saturated rings. The van der Waals surface area contributed by atoms with Crippen LogP contribution in [0.2, 0.25) is 0 Å². The van der Waals surface area contributed by atoms with Gasteiger partial charge >= 0.3 is 0 Å². The van der Waals surface area contributed by atoms with E-state index in [1.165, 1.54) is 0 Å². The van der Waals surface area contributed by atoms with Crippen LogP contribution in [0.15, 0.2) is 0 Å². The van der Waals surface area contributed by atoms with E-state index in [0.717, 1.165) is 6.42 Å². The minimum atomic E-state index is -0.384. The van der Waals surface area contributed by atoms with E-state index in [0.29, 0.717) is 24.4 Å². The number of hydrogen-bond acceptors (Lipinski definition) is 3. The van der Waals surface area contributed by atoms with Crippen LogP contribution in [0, 0.1) is 11.8 Å². The molecule has 0 spiro atoms. The Morgan fingerprint density at radius 1 is 1.24 bits per heavy atom. The third-order valence-corrected chi connectivity index (χ3v) is 2.98. The highest BCUT2D eigenvalue weighted by Crippen LogP contribution is 2.07. The number of rotatable bonds is 7. The first-order valence-corrected chi connectivity index (χ1v) is 6.45. The summed E-state index contributed by atoms with van der Waals surface area (Å²) in [4.78, 5) is 13.9. The van der Waals surface area contributed by atoms with Gasteiger partial charge in [0.25, 0.3) is 0 Å². The van der Waals surface area contributed by atoms with Crippen LogP contribution in [-0.2, 0) is 4.79 Å². The van der Waals surface area contributed by atoms with Gasteiger partial charge in [0.15, 0.2) is 0 Å². The van der Waals surface area contributed by atoms with Crippen LogP contribution >= 0.6 is 0 Å². The van der Waals surface area contributed by atoms with Crippen molar-refractivity contribution in [3.63, 3.8) is 0 Å². The summed E-state index contributed by atoms with van der Waals surface area (Å²) in [7, 11) is 4.07. The Balaban J connectivity index is 4.12. The van der Waals surface area contributed by atoms with E-state index in [9.17, 15) is 4.79 Å². The van der Waals surface area contributed by atoms with Crippen LogP contribution < -0.4 is 11.1 Å². The lowest BCUT2D eigenvalue weighted by molar-refractivity contribution is -0.123. The molecule has 0 heterocycles. The van der Waals surface area contributed by atoms with Gasteiger partial charge in [-0.05, 0) is 32.4 Å². The molecule has 1 unspecified atom stereocenters. The minimum absolute atomic E-state index is 0.0359. The Bertz CT molecular complexity index is 219. The van der Waals surface area contributed by atoms with Gasteiger partial charge in [-0.1, -0.05) is 27.7 Å². The molecule has 0 radical (unpaired) electrons. The summed E-state index contributed by atoms with van der Waals surface area (Å²) < 4.78 is 0. The van der Waals surface area contributed by atoms with Crippen molar-refractivity contribution in [2.75, 3.05) is 20.6 Å². The largest absolute Gasteiger partial charge is 0.353 e. The summed E-state index contributed by atoms with van der Waals surface area (Å²) in [6.45, 7) is 9.12. The van der Waals surface area contributed by atoms with Gasteiger partial charge < -0.3 is 16.0 Å². The number of likely N-dealkylation sites (N-methyl/N-ethyl adjacent to an activating group) is 1. The van der Waals surface area contributed by atoms with Crippen molar-refractivity contribution in [1.29, 1.82) is 0 Å². The maximum Gasteiger partial charge on any atom is 0.236 e. The zero-order chi connectivity index (χ0) is 13.6. The maximum atomic E-state index is 11.8. The molecular formula is C13H29N3O. The predicted octanol–water partition coefficient (Wildman–Crippen LogP) is 1.06. The molecule has 0 aromatic carbocycles. The first kappa shape index (κ1) is 16.4. The van der Waals surface area contributed by atoms with E-state index in [1.807, 2.05) is 14.1 Å². The Kier molecular flexibility index (Phi) is 7.39. The lowest BCUT2D eigenvalue weighted by atomic mass is 10.0. The number of carbonyl (C=O) groups is 1. The molecule has 0 aliphatic carbocycles. The summed E-state index contributed by atoms with van der Waals surface area (Å²) in [5, 5.41) is 2.94. The summed E-state index contributed by atoms with van der Waals surface area (Å²) in [6.07, 6.45) is 0.736. The fourth-order valence-corrected chi connectivity index (χ4v) is 1.97. The molecule has 3 N–H and O–H groups in total. The molecule has 4 heteroatoms. The van der Waals surface area contributed by atoms with Crippen LogP contribution in [0.5, 0.6) is 0 Å². The van der Waals surface area contributed by atoms with Crippen molar-refractivity contribution in [3.8, 4) is 0 Å². The zero-order valence-corrected chi connectivity index (χ0v) is 12.2. The molecule has 0 aromatic heterocycles. The van der Waals surface area contributed by atoms with Gasteiger partial charge in [0, 0.05) is 12.6 Å². The van der Waals surface area contributed by atoms with Crippen molar-refractivity contribution < 1.29 is 4.79 Å². The van der Waals surface area contributed by atoms with Gasteiger partial charge in [-0.15, -0.1) is 0 Å². The molecule has 1 amide bonds. The Hall–Kier alpha value is -0.610. The van der Waals surface area contributed by atoms with Crippen molar-refractivity contribution in [3.05, 3.63) is 0 Å². The number of amides is 1. The van der Waals surface area contributed by atoms with Crippen molar-refractivity contribution in [1.82, 2.24) is 10.2 Å². The number of nitrogens with two attached hydrogens (primary N) is 1. The molecule has 0 aromatic rings. The fourth-order valence-electron chi connectivity index (χ4n) is 1.97. The van der Waals surface area contributed by atoms with E-state index in [2.05, 4.69) is 37.9 Å². The monoisotopic (exact) mass is 243 g/mol. The summed E-state index contributed by atoms with van der Waals surface area (Å²) >= 11 is 0. The highest BCUT2D eigenvalue weighted by atomic mass is 16.2. The van der Waals surface area contributed by atoms with Gasteiger partial charge in [-0.25, -0.2) is 0 Å². The third kappa shape index (κ3) is 6.64. The van der Waals surface area contributed by atoms with Gasteiger partial charge in [-0.2, -0.15) is 0 Å². The molecule has 2 atom stereocenters. The Labute approximate surface area is 106 Å². The van der Waals surface area contributed by atoms with Crippen molar-refractivity contribution in [2.45, 2.75) is 46.2 Å². The second-order valence-electron chi connectivity index (χ2n) is 5.76. The maximum absolute atomic E-state index is 11.8. The van der Waals surface area contributed by atoms with Crippen molar-refractivity contribution in [2.24, 2.45) is 17.6 Å². The van der Waals surface area contributed by atoms with Crippen molar-refractivity contribution >= 4 is 5.91 Å². The molecule has 0 bridgehead atoms. The normalized spacial score (nSPS) is 15.4. The quantitative estimate of drug-likeness (QED) is 0.703. The van der Waals surface area contributed by atoms with Gasteiger partial charge in [-0.3, -0.25) is 4.79 Å². The average Bonchev–Trinajstić information content (AvgIpc) is 2.15. The molecule has 0 saturated heterocycles. The van der Waals surface area contributed by atoms with Crippen LogP contribution in [-0.4, -0.2) is 43.5 Å². The van der Waals surface area contributed by atoms with Gasteiger partial charge in [0.1, 0.15) is 0 Å². The lowest BCUT2D eigenvalue weighted by Crippen LogP contribution is -2.48. The molecule has 0 aliphatic rings. The molecule has 0 saturated carbocycles. The Morgan fingerprint density at radius 3 is 2.12 bits per heavy atom. The van der Waals surface area contributed by atoms with E-state index >= 15 is 0 Å². The molecular weight excluding hydrogens is 214 g/mol. The third-order valence-electron chi connectivity index (χ3n) is 2.98. The molecule has 0 aliphatic heterocycles. The number of nitrogens with one attached hydrogen (secondary N) is 1. The number of hydrogen-bond donors (Lipinski definition) is 2. The number of nitrogens with zero attached hydrogens (tertiary/aromatic N) is 1. The summed E-state index contributed by atoms with van der Waals surface area (Å²) in [5.41, 5.74) is 5.83. The molecule has 4 nitrogen and oxygen atoms in total. The van der Waals surface area contributed by atoms with Gasteiger partial charge in [0.2, 0.25) is 5.91 Å². The minimum Gasteiger partial charge on any atom is -0.353 e. The Morgan fingerprint density at radius 2 is 1.76 bits per heavy atom. The van der Waals surface area contributed by atoms with Gasteiger partial charge in [0.05, 0.1) is 6.04 Å². The standard InChI is InChI=1S/C13H29N3O/c1-9(2)7-11(14)13(17)15-8-12(10(3)4)16(5)6/h9-12H,7-8,14H2,1-6H3,(H,15,17)/t11-,12?/m0/s1. The van der Waals surface area contributed by atoms with Crippen LogP contribution in [0.4, 0.5) is 0 Å². The smallest absolute Gasteiger partial charge is 0.236 e. The summed E-state index contributed by atoms with van der Waals surface area (Å²) in [6, 6.07) is -0.0322. The SMILES string of the molecule is CC(C)C[C@H](N)C(=O)NCC(C(C)C)N(C)C. The fraction of sp³-hybridized carbons (Fsp3) is 0.923. The van der Waals surface area contributed by atoms with Crippen LogP contribution in [0.3, 0.4) is 0 Å². The molecule has 102 valence electrons. The topological polar surface area (TPSA) is 58.4 Å². The first-order valence-electron chi connectivity index (χ1n) is 6.45.